The lowest BCUT2D eigenvalue weighted by atomic mass is 10.1. The summed E-state index contributed by atoms with van der Waals surface area (Å²) in [6, 6.07) is 8.50. The zero-order chi connectivity index (χ0) is 10.8. The van der Waals surface area contributed by atoms with Gasteiger partial charge in [0.1, 0.15) is 0 Å². The molecule has 1 aromatic carbocycles. The molecule has 1 aliphatic heterocycles. The second-order valence-corrected chi connectivity index (χ2v) is 4.01. The van der Waals surface area contributed by atoms with Crippen LogP contribution in [0.3, 0.4) is 0 Å². The zero-order valence-electron chi connectivity index (χ0n) is 8.90. The van der Waals surface area contributed by atoms with Gasteiger partial charge in [0.25, 0.3) is 0 Å². The highest BCUT2D eigenvalue weighted by atomic mass is 15.2. The molecular formula is C12H15N3. The van der Waals surface area contributed by atoms with E-state index in [-0.39, 0.29) is 6.04 Å². The van der Waals surface area contributed by atoms with Crippen molar-refractivity contribution in [1.29, 1.82) is 5.26 Å². The molecule has 3 heteroatoms. The van der Waals surface area contributed by atoms with Crippen molar-refractivity contribution >= 4 is 11.4 Å². The van der Waals surface area contributed by atoms with Crippen molar-refractivity contribution in [1.82, 2.24) is 0 Å². The third kappa shape index (κ3) is 1.63. The van der Waals surface area contributed by atoms with Crippen molar-refractivity contribution < 1.29 is 0 Å². The minimum Gasteiger partial charge on any atom is -0.397 e. The molecule has 1 aliphatic rings. The number of hydrogen-bond acceptors (Lipinski definition) is 3. The molecule has 0 aromatic heterocycles. The Kier molecular flexibility index (Phi) is 2.51. The fourth-order valence-corrected chi connectivity index (χ4v) is 2.20. The molecule has 1 atom stereocenters. The summed E-state index contributed by atoms with van der Waals surface area (Å²) in [5.74, 6) is 0. The number of hydrogen-bond donors (Lipinski definition) is 1. The van der Waals surface area contributed by atoms with E-state index in [0.717, 1.165) is 24.3 Å². The van der Waals surface area contributed by atoms with Crippen molar-refractivity contribution in [3.8, 4) is 6.07 Å². The fourth-order valence-electron chi connectivity index (χ4n) is 2.20. The van der Waals surface area contributed by atoms with Gasteiger partial charge in [-0.2, -0.15) is 5.26 Å². The minimum atomic E-state index is 0.251. The first-order valence-corrected chi connectivity index (χ1v) is 5.25. The number of fused-ring (bicyclic) bond motifs is 1. The van der Waals surface area contributed by atoms with E-state index >= 15 is 0 Å². The van der Waals surface area contributed by atoms with E-state index < -0.39 is 0 Å². The molecule has 0 saturated carbocycles. The lowest BCUT2D eigenvalue weighted by molar-refractivity contribution is 0.668. The Labute approximate surface area is 90.1 Å². The van der Waals surface area contributed by atoms with Crippen LogP contribution in [0.2, 0.25) is 0 Å². The average Bonchev–Trinajstić information content (AvgIpc) is 2.63. The number of nitrogens with zero attached hydrogens (tertiary/aromatic N) is 2. The molecule has 0 bridgehead atoms. The van der Waals surface area contributed by atoms with Crippen molar-refractivity contribution in [2.45, 2.75) is 25.8 Å². The second kappa shape index (κ2) is 3.82. The van der Waals surface area contributed by atoms with E-state index in [1.807, 2.05) is 12.1 Å². The minimum absolute atomic E-state index is 0.251. The lowest BCUT2D eigenvalue weighted by Crippen LogP contribution is -2.31. The summed E-state index contributed by atoms with van der Waals surface area (Å²) in [4.78, 5) is 2.24. The van der Waals surface area contributed by atoms with Gasteiger partial charge in [-0.25, -0.2) is 0 Å². The van der Waals surface area contributed by atoms with Crippen LogP contribution in [0.4, 0.5) is 11.4 Å². The molecule has 0 spiro atoms. The summed E-state index contributed by atoms with van der Waals surface area (Å²) in [5.41, 5.74) is 9.24. The molecule has 0 radical (unpaired) electrons. The highest BCUT2D eigenvalue weighted by molar-refractivity contribution is 5.74. The van der Waals surface area contributed by atoms with Gasteiger partial charge in [0.2, 0.25) is 0 Å². The second-order valence-electron chi connectivity index (χ2n) is 4.01. The van der Waals surface area contributed by atoms with E-state index in [9.17, 15) is 0 Å². The van der Waals surface area contributed by atoms with Gasteiger partial charge in [0, 0.05) is 12.6 Å². The summed E-state index contributed by atoms with van der Waals surface area (Å²) >= 11 is 0. The third-order valence-corrected chi connectivity index (χ3v) is 2.98. The van der Waals surface area contributed by atoms with Crippen LogP contribution in [0, 0.1) is 11.3 Å². The maximum atomic E-state index is 8.71. The summed E-state index contributed by atoms with van der Waals surface area (Å²) in [5, 5.41) is 8.71. The van der Waals surface area contributed by atoms with Crippen LogP contribution in [0.15, 0.2) is 18.2 Å². The largest absolute Gasteiger partial charge is 0.397 e. The average molecular weight is 201 g/mol. The first-order chi connectivity index (χ1) is 7.24. The zero-order valence-corrected chi connectivity index (χ0v) is 8.90. The molecule has 0 fully saturated rings. The summed E-state index contributed by atoms with van der Waals surface area (Å²) in [6.07, 6.45) is 1.59. The number of rotatable bonds is 2. The number of nitrogen functional groups attached to an aromatic ring is 1. The molecular weight excluding hydrogens is 186 g/mol. The predicted molar refractivity (Wildman–Crippen MR) is 61.6 cm³/mol. The number of benzene rings is 1. The molecule has 0 aliphatic carbocycles. The lowest BCUT2D eigenvalue weighted by Gasteiger charge is -2.26. The number of anilines is 2. The Bertz CT molecular complexity index is 406. The smallest absolute Gasteiger partial charge is 0.0643 e. The summed E-state index contributed by atoms with van der Waals surface area (Å²) in [7, 11) is 0. The van der Waals surface area contributed by atoms with Crippen molar-refractivity contribution in [3.05, 3.63) is 23.8 Å². The van der Waals surface area contributed by atoms with Crippen LogP contribution >= 0.6 is 0 Å². The van der Waals surface area contributed by atoms with Gasteiger partial charge in [-0.15, -0.1) is 0 Å². The Morgan fingerprint density at radius 1 is 1.60 bits per heavy atom. The molecule has 0 amide bonds. The van der Waals surface area contributed by atoms with E-state index in [1.54, 1.807) is 0 Å². The van der Waals surface area contributed by atoms with Crippen LogP contribution in [0.1, 0.15) is 18.9 Å². The van der Waals surface area contributed by atoms with Gasteiger partial charge in [-0.3, -0.25) is 0 Å². The summed E-state index contributed by atoms with van der Waals surface area (Å²) < 4.78 is 0. The normalized spacial score (nSPS) is 15.9. The van der Waals surface area contributed by atoms with Crippen LogP contribution in [0.25, 0.3) is 0 Å². The summed E-state index contributed by atoms with van der Waals surface area (Å²) in [6.45, 7) is 3.05. The van der Waals surface area contributed by atoms with Crippen LogP contribution in [-0.2, 0) is 6.42 Å². The highest BCUT2D eigenvalue weighted by Crippen LogP contribution is 2.35. The van der Waals surface area contributed by atoms with E-state index in [4.69, 9.17) is 11.0 Å². The van der Waals surface area contributed by atoms with Gasteiger partial charge >= 0.3 is 0 Å². The van der Waals surface area contributed by atoms with Crippen molar-refractivity contribution in [3.63, 3.8) is 0 Å². The number of nitrogens with two attached hydrogens (primary N) is 1. The van der Waals surface area contributed by atoms with Gasteiger partial charge < -0.3 is 10.6 Å². The number of para-hydroxylation sites is 1. The maximum Gasteiger partial charge on any atom is 0.0643 e. The molecule has 2 N–H and O–H groups in total. The van der Waals surface area contributed by atoms with Crippen molar-refractivity contribution in [2.24, 2.45) is 0 Å². The number of nitriles is 1. The van der Waals surface area contributed by atoms with Gasteiger partial charge in [-0.05, 0) is 25.0 Å². The predicted octanol–water partition coefficient (Wildman–Crippen LogP) is 1.93. The van der Waals surface area contributed by atoms with Gasteiger partial charge in [-0.1, -0.05) is 12.1 Å². The molecule has 3 nitrogen and oxygen atoms in total. The molecule has 1 heterocycles. The fraction of sp³-hybridized carbons (Fsp3) is 0.417. The van der Waals surface area contributed by atoms with Crippen molar-refractivity contribution in [2.75, 3.05) is 17.2 Å². The first-order valence-electron chi connectivity index (χ1n) is 5.25. The molecule has 1 aromatic rings. The monoisotopic (exact) mass is 201 g/mol. The Morgan fingerprint density at radius 3 is 3.13 bits per heavy atom. The van der Waals surface area contributed by atoms with Gasteiger partial charge in [0.05, 0.1) is 23.9 Å². The standard InChI is InChI=1S/C12H15N3/c1-9(5-7-13)15-8-6-10-3-2-4-11(14)12(10)15/h2-4,9H,5-6,8,14H2,1H3. The van der Waals surface area contributed by atoms with Gasteiger partial charge in [0.15, 0.2) is 0 Å². The topological polar surface area (TPSA) is 53.0 Å². The first kappa shape index (κ1) is 9.85. The highest BCUT2D eigenvalue weighted by Gasteiger charge is 2.24. The quantitative estimate of drug-likeness (QED) is 0.744. The van der Waals surface area contributed by atoms with Crippen LogP contribution in [-0.4, -0.2) is 12.6 Å². The molecule has 0 saturated heterocycles. The molecule has 15 heavy (non-hydrogen) atoms. The SMILES string of the molecule is CC(CC#N)N1CCc2cccc(N)c21. The Morgan fingerprint density at radius 2 is 2.40 bits per heavy atom. The van der Waals surface area contributed by atoms with Crippen LogP contribution < -0.4 is 10.6 Å². The van der Waals surface area contributed by atoms with E-state index in [1.165, 1.54) is 5.56 Å². The van der Waals surface area contributed by atoms with E-state index in [0.29, 0.717) is 6.42 Å². The Hall–Kier alpha value is -1.69. The third-order valence-electron chi connectivity index (χ3n) is 2.98. The molecule has 2 rings (SSSR count). The Balaban J connectivity index is 2.32. The van der Waals surface area contributed by atoms with E-state index in [2.05, 4.69) is 24.0 Å². The molecule has 78 valence electrons. The van der Waals surface area contributed by atoms with Crippen LogP contribution in [0.5, 0.6) is 0 Å². The maximum absolute atomic E-state index is 8.71. The molecule has 1 unspecified atom stereocenters.